The molecule has 0 radical (unpaired) electrons. The van der Waals surface area contributed by atoms with Crippen molar-refractivity contribution in [3.05, 3.63) is 58.6 Å². The molecule has 1 aliphatic heterocycles. The highest BCUT2D eigenvalue weighted by Gasteiger charge is 2.14. The molecule has 3 rings (SSSR count). The third kappa shape index (κ3) is 3.13. The lowest BCUT2D eigenvalue weighted by atomic mass is 10.0. The summed E-state index contributed by atoms with van der Waals surface area (Å²) in [6.45, 7) is 1.07. The first-order valence-electron chi connectivity index (χ1n) is 7.06. The number of fused-ring (bicyclic) bond motifs is 1. The fourth-order valence-corrected chi connectivity index (χ4v) is 3.91. The van der Waals surface area contributed by atoms with Gasteiger partial charge in [-0.25, -0.2) is 0 Å². The molecule has 0 spiro atoms. The van der Waals surface area contributed by atoms with Crippen LogP contribution in [0, 0.1) is 0 Å². The van der Waals surface area contributed by atoms with Crippen molar-refractivity contribution in [3.8, 4) is 0 Å². The van der Waals surface area contributed by atoms with Crippen LogP contribution < -0.4 is 5.32 Å². The van der Waals surface area contributed by atoms with Gasteiger partial charge in [0.05, 0.1) is 0 Å². The number of thioether (sulfide) groups is 1. The molecular formula is C17H18ClNS. The molecule has 0 amide bonds. The van der Waals surface area contributed by atoms with Crippen molar-refractivity contribution in [1.82, 2.24) is 0 Å². The molecule has 0 aromatic heterocycles. The molecule has 104 valence electrons. The second-order valence-electron chi connectivity index (χ2n) is 5.04. The minimum absolute atomic E-state index is 0.899. The van der Waals surface area contributed by atoms with Gasteiger partial charge in [0.25, 0.3) is 0 Å². The summed E-state index contributed by atoms with van der Waals surface area (Å²) in [5.74, 6) is 0.938. The number of halogens is 1. The maximum Gasteiger partial charge on any atom is 0.0450 e. The summed E-state index contributed by atoms with van der Waals surface area (Å²) in [6, 6.07) is 14.7. The zero-order chi connectivity index (χ0) is 13.8. The third-order valence-corrected chi connectivity index (χ3v) is 5.06. The molecular weight excluding hydrogens is 286 g/mol. The first kappa shape index (κ1) is 13.8. The Morgan fingerprint density at radius 2 is 1.90 bits per heavy atom. The lowest BCUT2D eigenvalue weighted by molar-refractivity contribution is 0.783. The van der Waals surface area contributed by atoms with Gasteiger partial charge in [0.2, 0.25) is 0 Å². The predicted molar refractivity (Wildman–Crippen MR) is 88.9 cm³/mol. The summed E-state index contributed by atoms with van der Waals surface area (Å²) in [4.78, 5) is 1.29. The molecule has 0 atom stereocenters. The molecule has 20 heavy (non-hydrogen) atoms. The van der Waals surface area contributed by atoms with Crippen molar-refractivity contribution < 1.29 is 0 Å². The Kier molecular flexibility index (Phi) is 4.54. The van der Waals surface area contributed by atoms with Crippen molar-refractivity contribution in [2.24, 2.45) is 0 Å². The molecule has 2 aromatic carbocycles. The van der Waals surface area contributed by atoms with Crippen LogP contribution in [0.2, 0.25) is 5.02 Å². The highest BCUT2D eigenvalue weighted by atomic mass is 35.5. The van der Waals surface area contributed by atoms with E-state index in [2.05, 4.69) is 41.7 Å². The van der Waals surface area contributed by atoms with Crippen molar-refractivity contribution in [1.29, 1.82) is 0 Å². The van der Waals surface area contributed by atoms with Gasteiger partial charge in [-0.05, 0) is 54.7 Å². The highest BCUT2D eigenvalue weighted by molar-refractivity contribution is 7.98. The second-order valence-corrected chi connectivity index (χ2v) is 6.49. The van der Waals surface area contributed by atoms with Crippen molar-refractivity contribution >= 4 is 29.1 Å². The van der Waals surface area contributed by atoms with E-state index >= 15 is 0 Å². The van der Waals surface area contributed by atoms with E-state index < -0.39 is 0 Å². The Hall–Kier alpha value is -1.12. The SMILES string of the molecule is Clc1ccc2c(c1CSc1ccccc1)CCCCN2. The van der Waals surface area contributed by atoms with E-state index in [0.29, 0.717) is 0 Å². The summed E-state index contributed by atoms with van der Waals surface area (Å²) < 4.78 is 0. The molecule has 1 aliphatic rings. The molecule has 1 heterocycles. The number of rotatable bonds is 3. The normalized spacial score (nSPS) is 14.2. The van der Waals surface area contributed by atoms with Gasteiger partial charge in [-0.2, -0.15) is 0 Å². The van der Waals surface area contributed by atoms with Crippen molar-refractivity contribution in [3.63, 3.8) is 0 Å². The number of hydrogen-bond donors (Lipinski definition) is 1. The number of benzene rings is 2. The van der Waals surface area contributed by atoms with Gasteiger partial charge in [0.15, 0.2) is 0 Å². The van der Waals surface area contributed by atoms with Gasteiger partial charge in [-0.15, -0.1) is 11.8 Å². The van der Waals surface area contributed by atoms with E-state index in [1.54, 1.807) is 0 Å². The summed E-state index contributed by atoms with van der Waals surface area (Å²) in [5, 5.41) is 4.42. The Labute approximate surface area is 129 Å². The summed E-state index contributed by atoms with van der Waals surface area (Å²) in [7, 11) is 0. The Bertz CT molecular complexity index is 583. The van der Waals surface area contributed by atoms with Gasteiger partial charge in [0.1, 0.15) is 0 Å². The lowest BCUT2D eigenvalue weighted by Gasteiger charge is -2.14. The predicted octanol–water partition coefficient (Wildman–Crippen LogP) is 5.38. The largest absolute Gasteiger partial charge is 0.385 e. The molecule has 1 nitrogen and oxygen atoms in total. The van der Waals surface area contributed by atoms with E-state index in [4.69, 9.17) is 11.6 Å². The van der Waals surface area contributed by atoms with Gasteiger partial charge in [0, 0.05) is 27.9 Å². The fraction of sp³-hybridized carbons (Fsp3) is 0.294. The number of anilines is 1. The molecule has 1 N–H and O–H groups in total. The minimum atomic E-state index is 0.899. The van der Waals surface area contributed by atoms with E-state index in [1.807, 2.05) is 17.8 Å². The van der Waals surface area contributed by atoms with Gasteiger partial charge >= 0.3 is 0 Å². The molecule has 0 bridgehead atoms. The van der Waals surface area contributed by atoms with Crippen LogP contribution in [-0.4, -0.2) is 6.54 Å². The fourth-order valence-electron chi connectivity index (χ4n) is 2.59. The quantitative estimate of drug-likeness (QED) is 0.764. The average molecular weight is 304 g/mol. The highest BCUT2D eigenvalue weighted by Crippen LogP contribution is 2.34. The van der Waals surface area contributed by atoms with Crippen LogP contribution in [0.4, 0.5) is 5.69 Å². The molecule has 0 saturated heterocycles. The van der Waals surface area contributed by atoms with Gasteiger partial charge < -0.3 is 5.32 Å². The van der Waals surface area contributed by atoms with Crippen LogP contribution in [-0.2, 0) is 12.2 Å². The second kappa shape index (κ2) is 6.55. The minimum Gasteiger partial charge on any atom is -0.385 e. The van der Waals surface area contributed by atoms with Crippen LogP contribution in [0.1, 0.15) is 24.0 Å². The molecule has 0 fully saturated rings. The van der Waals surface area contributed by atoms with Crippen LogP contribution in [0.25, 0.3) is 0 Å². The van der Waals surface area contributed by atoms with E-state index in [-0.39, 0.29) is 0 Å². The van der Waals surface area contributed by atoms with E-state index in [0.717, 1.165) is 23.7 Å². The Morgan fingerprint density at radius 3 is 2.75 bits per heavy atom. The van der Waals surface area contributed by atoms with Gasteiger partial charge in [-0.3, -0.25) is 0 Å². The zero-order valence-electron chi connectivity index (χ0n) is 11.4. The molecule has 2 aromatic rings. The van der Waals surface area contributed by atoms with Crippen LogP contribution in [0.15, 0.2) is 47.4 Å². The van der Waals surface area contributed by atoms with Crippen LogP contribution in [0.5, 0.6) is 0 Å². The third-order valence-electron chi connectivity index (χ3n) is 3.67. The first-order valence-corrected chi connectivity index (χ1v) is 8.43. The number of nitrogens with one attached hydrogen (secondary N) is 1. The van der Waals surface area contributed by atoms with Crippen LogP contribution >= 0.6 is 23.4 Å². The molecule has 0 aliphatic carbocycles. The number of hydrogen-bond acceptors (Lipinski definition) is 2. The van der Waals surface area contributed by atoms with Crippen molar-refractivity contribution in [2.45, 2.75) is 29.9 Å². The Morgan fingerprint density at radius 1 is 1.05 bits per heavy atom. The first-order chi connectivity index (χ1) is 9.84. The standard InChI is InChI=1S/C17H18ClNS/c18-16-9-10-17-14(8-4-5-11-19-17)15(16)12-20-13-6-2-1-3-7-13/h1-3,6-7,9-10,19H,4-5,8,11-12H2. The monoisotopic (exact) mass is 303 g/mol. The molecule has 3 heteroatoms. The van der Waals surface area contributed by atoms with E-state index in [1.165, 1.54) is 34.6 Å². The molecule has 0 unspecified atom stereocenters. The lowest BCUT2D eigenvalue weighted by Crippen LogP contribution is -2.01. The average Bonchev–Trinajstić information content (AvgIpc) is 2.73. The summed E-state index contributed by atoms with van der Waals surface area (Å²) in [6.07, 6.45) is 3.61. The maximum atomic E-state index is 6.44. The van der Waals surface area contributed by atoms with Crippen molar-refractivity contribution in [2.75, 3.05) is 11.9 Å². The summed E-state index contributed by atoms with van der Waals surface area (Å²) >= 11 is 8.29. The Balaban J connectivity index is 1.85. The van der Waals surface area contributed by atoms with Gasteiger partial charge in [-0.1, -0.05) is 29.8 Å². The zero-order valence-corrected chi connectivity index (χ0v) is 12.9. The topological polar surface area (TPSA) is 12.0 Å². The van der Waals surface area contributed by atoms with Crippen LogP contribution in [0.3, 0.4) is 0 Å². The maximum absolute atomic E-state index is 6.44. The smallest absolute Gasteiger partial charge is 0.0450 e. The van der Waals surface area contributed by atoms with E-state index in [9.17, 15) is 0 Å². The summed E-state index contributed by atoms with van der Waals surface area (Å²) in [5.41, 5.74) is 3.99. The molecule has 0 saturated carbocycles.